The minimum absolute atomic E-state index is 0.0844. The fraction of sp³-hybridized carbons (Fsp3) is 0.846. The molecule has 1 aliphatic heterocycles. The van der Waals surface area contributed by atoms with Gasteiger partial charge in [0.05, 0.1) is 18.9 Å². The van der Waals surface area contributed by atoms with E-state index in [1.54, 1.807) is 6.92 Å². The molecule has 1 fully saturated rings. The number of carbonyl (C=O) groups is 2. The van der Waals surface area contributed by atoms with Gasteiger partial charge in [-0.2, -0.15) is 0 Å². The third kappa shape index (κ3) is 3.98. The van der Waals surface area contributed by atoms with E-state index in [1.165, 1.54) is 0 Å². The Bertz CT molecular complexity index is 307. The first kappa shape index (κ1) is 15.0. The zero-order valence-corrected chi connectivity index (χ0v) is 11.5. The fourth-order valence-electron chi connectivity index (χ4n) is 2.56. The van der Waals surface area contributed by atoms with Crippen LogP contribution in [0, 0.1) is 5.92 Å². The molecule has 3 unspecified atom stereocenters. The number of nitrogens with zero attached hydrogens (tertiary/aromatic N) is 1. The second-order valence-electron chi connectivity index (χ2n) is 5.08. The summed E-state index contributed by atoms with van der Waals surface area (Å²) in [6.45, 7) is 6.98. The molecule has 0 spiro atoms. The molecule has 104 valence electrons. The van der Waals surface area contributed by atoms with Crippen LogP contribution in [0.3, 0.4) is 0 Å². The normalized spacial score (nSPS) is 26.6. The van der Waals surface area contributed by atoms with Crippen LogP contribution in [0.15, 0.2) is 0 Å². The van der Waals surface area contributed by atoms with Crippen molar-refractivity contribution in [3.05, 3.63) is 0 Å². The summed E-state index contributed by atoms with van der Waals surface area (Å²) in [6, 6.07) is 0.464. The predicted molar refractivity (Wildman–Crippen MR) is 68.8 cm³/mol. The Kier molecular flexibility index (Phi) is 5.59. The Hall–Kier alpha value is -1.10. The van der Waals surface area contributed by atoms with Crippen molar-refractivity contribution in [3.63, 3.8) is 0 Å². The molecule has 1 amide bonds. The highest BCUT2D eigenvalue weighted by molar-refractivity contribution is 5.77. The lowest BCUT2D eigenvalue weighted by Crippen LogP contribution is -2.50. The van der Waals surface area contributed by atoms with Gasteiger partial charge in [0.1, 0.15) is 0 Å². The number of esters is 1. The minimum Gasteiger partial charge on any atom is -0.466 e. The standard InChI is InChI=1S/C13H24N2O3/c1-4-18-12(16)7-10(3)15-8-11(13(14)17)6-5-9(15)2/h9-11H,4-8H2,1-3H3,(H2,14,17). The van der Waals surface area contributed by atoms with Gasteiger partial charge in [0.2, 0.25) is 5.91 Å². The highest BCUT2D eigenvalue weighted by atomic mass is 16.5. The first-order valence-corrected chi connectivity index (χ1v) is 6.66. The molecule has 0 aliphatic carbocycles. The van der Waals surface area contributed by atoms with E-state index in [1.807, 2.05) is 6.92 Å². The van der Waals surface area contributed by atoms with Crippen LogP contribution < -0.4 is 5.73 Å². The molecule has 2 N–H and O–H groups in total. The maximum absolute atomic E-state index is 11.5. The van der Waals surface area contributed by atoms with Crippen molar-refractivity contribution in [2.45, 2.75) is 52.1 Å². The van der Waals surface area contributed by atoms with Crippen LogP contribution in [0.1, 0.15) is 40.0 Å². The maximum Gasteiger partial charge on any atom is 0.307 e. The van der Waals surface area contributed by atoms with E-state index in [0.29, 0.717) is 25.6 Å². The van der Waals surface area contributed by atoms with Crippen LogP contribution >= 0.6 is 0 Å². The number of hydrogen-bond acceptors (Lipinski definition) is 4. The van der Waals surface area contributed by atoms with Gasteiger partial charge in [0.15, 0.2) is 0 Å². The van der Waals surface area contributed by atoms with Crippen LogP contribution in [0.5, 0.6) is 0 Å². The number of amides is 1. The van der Waals surface area contributed by atoms with E-state index in [0.717, 1.165) is 12.8 Å². The summed E-state index contributed by atoms with van der Waals surface area (Å²) in [6.07, 6.45) is 2.16. The van der Waals surface area contributed by atoms with Gasteiger partial charge in [-0.25, -0.2) is 0 Å². The van der Waals surface area contributed by atoms with Gasteiger partial charge < -0.3 is 10.5 Å². The monoisotopic (exact) mass is 256 g/mol. The zero-order chi connectivity index (χ0) is 13.7. The molecular weight excluding hydrogens is 232 g/mol. The van der Waals surface area contributed by atoms with Crippen molar-refractivity contribution in [1.82, 2.24) is 4.90 Å². The summed E-state index contributed by atoms with van der Waals surface area (Å²) >= 11 is 0. The van der Waals surface area contributed by atoms with E-state index in [-0.39, 0.29) is 23.8 Å². The van der Waals surface area contributed by atoms with Gasteiger partial charge >= 0.3 is 5.97 Å². The second-order valence-corrected chi connectivity index (χ2v) is 5.08. The van der Waals surface area contributed by atoms with Crippen molar-refractivity contribution in [3.8, 4) is 0 Å². The smallest absolute Gasteiger partial charge is 0.307 e. The molecule has 1 saturated heterocycles. The Morgan fingerprint density at radius 1 is 1.44 bits per heavy atom. The summed E-state index contributed by atoms with van der Waals surface area (Å²) in [5.41, 5.74) is 5.37. The van der Waals surface area contributed by atoms with Gasteiger partial charge in [-0.3, -0.25) is 14.5 Å². The molecule has 0 aromatic carbocycles. The lowest BCUT2D eigenvalue weighted by molar-refractivity contribution is -0.144. The molecule has 1 heterocycles. The highest BCUT2D eigenvalue weighted by Gasteiger charge is 2.32. The molecule has 0 aromatic rings. The van der Waals surface area contributed by atoms with E-state index < -0.39 is 0 Å². The number of piperidine rings is 1. The number of carbonyl (C=O) groups excluding carboxylic acids is 2. The lowest BCUT2D eigenvalue weighted by atomic mass is 9.91. The summed E-state index contributed by atoms with van der Waals surface area (Å²) in [5.74, 6) is -0.514. The maximum atomic E-state index is 11.5. The largest absolute Gasteiger partial charge is 0.466 e. The number of ether oxygens (including phenoxy) is 1. The lowest BCUT2D eigenvalue weighted by Gasteiger charge is -2.40. The fourth-order valence-corrected chi connectivity index (χ4v) is 2.56. The van der Waals surface area contributed by atoms with Gasteiger partial charge in [0, 0.05) is 18.6 Å². The SMILES string of the molecule is CCOC(=O)CC(C)N1CC(C(N)=O)CCC1C. The van der Waals surface area contributed by atoms with Crippen LogP contribution in [-0.2, 0) is 14.3 Å². The van der Waals surface area contributed by atoms with Crippen molar-refractivity contribution in [2.75, 3.05) is 13.2 Å². The van der Waals surface area contributed by atoms with Crippen molar-refractivity contribution in [1.29, 1.82) is 0 Å². The molecule has 1 rings (SSSR count). The summed E-state index contributed by atoms with van der Waals surface area (Å²) in [7, 11) is 0. The Morgan fingerprint density at radius 3 is 2.67 bits per heavy atom. The zero-order valence-electron chi connectivity index (χ0n) is 11.5. The number of hydrogen-bond donors (Lipinski definition) is 1. The van der Waals surface area contributed by atoms with Crippen molar-refractivity contribution in [2.24, 2.45) is 11.7 Å². The quantitative estimate of drug-likeness (QED) is 0.742. The van der Waals surface area contributed by atoms with Gasteiger partial charge in [-0.1, -0.05) is 0 Å². The third-order valence-electron chi connectivity index (χ3n) is 3.67. The van der Waals surface area contributed by atoms with E-state index in [9.17, 15) is 9.59 Å². The van der Waals surface area contributed by atoms with E-state index in [2.05, 4.69) is 11.8 Å². The van der Waals surface area contributed by atoms with E-state index >= 15 is 0 Å². The van der Waals surface area contributed by atoms with Gasteiger partial charge in [-0.05, 0) is 33.6 Å². The first-order valence-electron chi connectivity index (χ1n) is 6.66. The molecule has 0 saturated carbocycles. The number of rotatable bonds is 5. The van der Waals surface area contributed by atoms with Crippen molar-refractivity contribution >= 4 is 11.9 Å². The average Bonchev–Trinajstić information content (AvgIpc) is 2.29. The Balaban J connectivity index is 2.56. The number of primary amides is 1. The summed E-state index contributed by atoms with van der Waals surface area (Å²) < 4.78 is 4.96. The van der Waals surface area contributed by atoms with E-state index in [4.69, 9.17) is 10.5 Å². The summed E-state index contributed by atoms with van der Waals surface area (Å²) in [4.78, 5) is 24.9. The molecule has 0 radical (unpaired) electrons. The molecule has 5 heteroatoms. The minimum atomic E-state index is -0.241. The molecule has 18 heavy (non-hydrogen) atoms. The van der Waals surface area contributed by atoms with Gasteiger partial charge in [0.25, 0.3) is 0 Å². The first-order chi connectivity index (χ1) is 8.45. The Labute approximate surface area is 109 Å². The molecule has 5 nitrogen and oxygen atoms in total. The van der Waals surface area contributed by atoms with Crippen LogP contribution in [0.4, 0.5) is 0 Å². The third-order valence-corrected chi connectivity index (χ3v) is 3.67. The highest BCUT2D eigenvalue weighted by Crippen LogP contribution is 2.24. The van der Waals surface area contributed by atoms with Crippen molar-refractivity contribution < 1.29 is 14.3 Å². The summed E-state index contributed by atoms with van der Waals surface area (Å²) in [5, 5.41) is 0. The molecule has 3 atom stereocenters. The predicted octanol–water partition coefficient (Wildman–Crippen LogP) is 0.914. The van der Waals surface area contributed by atoms with Crippen LogP contribution in [-0.4, -0.2) is 42.0 Å². The van der Waals surface area contributed by atoms with Crippen LogP contribution in [0.2, 0.25) is 0 Å². The van der Waals surface area contributed by atoms with Gasteiger partial charge in [-0.15, -0.1) is 0 Å². The molecular formula is C13H24N2O3. The Morgan fingerprint density at radius 2 is 2.11 bits per heavy atom. The second kappa shape index (κ2) is 6.73. The number of likely N-dealkylation sites (tertiary alicyclic amines) is 1. The molecule has 1 aliphatic rings. The topological polar surface area (TPSA) is 72.6 Å². The molecule has 0 bridgehead atoms. The van der Waals surface area contributed by atoms with Crippen LogP contribution in [0.25, 0.3) is 0 Å². The average molecular weight is 256 g/mol. The number of nitrogens with two attached hydrogens (primary N) is 1. The molecule has 0 aromatic heterocycles.